The predicted octanol–water partition coefficient (Wildman–Crippen LogP) is 1.57. The van der Waals surface area contributed by atoms with Crippen molar-refractivity contribution in [1.29, 1.82) is 0 Å². The molecule has 0 unspecified atom stereocenters. The molecule has 98 valence electrons. The standard InChI is InChI=1S/C9H10.Mg.2HO3S/c1-2-6-9-7-4-3-5-8-9;;2*1-4(2)3/h2-5,7-8H,1,6H2;;2*(H,1,2,3)/q;+2;2*-1. The van der Waals surface area contributed by atoms with E-state index in [9.17, 15) is 0 Å². The fourth-order valence-electron chi connectivity index (χ4n) is 0.781. The molecule has 0 saturated heterocycles. The molecule has 0 aliphatic heterocycles. The Labute approximate surface area is 125 Å². The molecule has 2 N–H and O–H groups in total. The van der Waals surface area contributed by atoms with Gasteiger partial charge >= 0.3 is 23.1 Å². The van der Waals surface area contributed by atoms with Crippen LogP contribution in [0.15, 0.2) is 43.0 Å². The first kappa shape index (κ1) is 22.7. The molecule has 0 radical (unpaired) electrons. The number of allylic oxidation sites excluding steroid dienone is 1. The van der Waals surface area contributed by atoms with E-state index in [1.165, 1.54) is 5.56 Å². The largest absolute Gasteiger partial charge is 2.00 e. The van der Waals surface area contributed by atoms with E-state index >= 15 is 0 Å². The minimum absolute atomic E-state index is 0. The summed E-state index contributed by atoms with van der Waals surface area (Å²) in [5.74, 6) is 0. The van der Waals surface area contributed by atoms with Crippen molar-refractivity contribution in [2.24, 2.45) is 0 Å². The van der Waals surface area contributed by atoms with E-state index in [2.05, 4.69) is 18.7 Å². The fourth-order valence-corrected chi connectivity index (χ4v) is 0.781. The minimum Gasteiger partial charge on any atom is -0.439 e. The van der Waals surface area contributed by atoms with Crippen LogP contribution < -0.4 is 0 Å². The Morgan fingerprint density at radius 2 is 1.33 bits per heavy atom. The van der Waals surface area contributed by atoms with E-state index in [0.29, 0.717) is 0 Å². The van der Waals surface area contributed by atoms with E-state index in [0.717, 1.165) is 6.42 Å². The SMILES string of the molecule is C=CCc1ccccc1.O=[S-](=O)O.O=[S-](=O)O.[Mg+2]. The molecular formula is C9H12MgO6S2. The molecule has 9 heteroatoms. The van der Waals surface area contributed by atoms with Crippen molar-refractivity contribution in [3.63, 3.8) is 0 Å². The fraction of sp³-hybridized carbons (Fsp3) is 0.111. The number of hydrogen-bond donors (Lipinski definition) is 2. The van der Waals surface area contributed by atoms with Gasteiger partial charge in [0.1, 0.15) is 0 Å². The zero-order valence-electron chi connectivity index (χ0n) is 9.43. The molecule has 0 atom stereocenters. The Bertz CT molecular complexity index is 406. The minimum atomic E-state index is -2.86. The van der Waals surface area contributed by atoms with Crippen molar-refractivity contribution >= 4 is 45.0 Å². The summed E-state index contributed by atoms with van der Waals surface area (Å²) >= 11 is 0. The number of benzene rings is 1. The maximum Gasteiger partial charge on any atom is 2.00 e. The van der Waals surface area contributed by atoms with Crippen molar-refractivity contribution in [3.8, 4) is 0 Å². The van der Waals surface area contributed by atoms with Gasteiger partial charge in [-0.15, -0.1) is 6.58 Å². The van der Waals surface area contributed by atoms with Crippen LogP contribution in [0.3, 0.4) is 0 Å². The average Bonchev–Trinajstić information content (AvgIpc) is 2.18. The van der Waals surface area contributed by atoms with E-state index in [1.807, 2.05) is 24.3 Å². The molecule has 0 aliphatic rings. The maximum absolute atomic E-state index is 8.56. The van der Waals surface area contributed by atoms with Crippen LogP contribution in [0.2, 0.25) is 0 Å². The summed E-state index contributed by atoms with van der Waals surface area (Å²) in [6.45, 7) is 3.66. The molecule has 1 aromatic carbocycles. The van der Waals surface area contributed by atoms with Gasteiger partial charge in [-0.3, -0.25) is 0 Å². The van der Waals surface area contributed by atoms with Crippen LogP contribution in [0.4, 0.5) is 0 Å². The van der Waals surface area contributed by atoms with Crippen LogP contribution in [0.5, 0.6) is 0 Å². The molecule has 0 saturated carbocycles. The van der Waals surface area contributed by atoms with Crippen LogP contribution in [-0.2, 0) is 45.2 Å². The molecule has 0 aromatic heterocycles. The Morgan fingerprint density at radius 3 is 1.61 bits per heavy atom. The van der Waals surface area contributed by atoms with Crippen LogP contribution in [0.1, 0.15) is 5.56 Å². The third kappa shape index (κ3) is 29.6. The van der Waals surface area contributed by atoms with E-state index in [-0.39, 0.29) is 23.1 Å². The molecular weight excluding hydrogens is 293 g/mol. The Balaban J connectivity index is -0.000000214. The van der Waals surface area contributed by atoms with Gasteiger partial charge in [0.05, 0.1) is 0 Å². The first-order valence-electron chi connectivity index (χ1n) is 4.11. The summed E-state index contributed by atoms with van der Waals surface area (Å²) in [5, 5.41) is 0. The van der Waals surface area contributed by atoms with Gasteiger partial charge in [0, 0.05) is 22.0 Å². The van der Waals surface area contributed by atoms with Gasteiger partial charge in [-0.25, -0.2) is 0 Å². The van der Waals surface area contributed by atoms with Crippen molar-refractivity contribution < 1.29 is 25.9 Å². The van der Waals surface area contributed by atoms with E-state index in [1.54, 1.807) is 0 Å². The monoisotopic (exact) mass is 304 g/mol. The molecule has 0 heterocycles. The van der Waals surface area contributed by atoms with Gasteiger partial charge in [0.25, 0.3) is 0 Å². The summed E-state index contributed by atoms with van der Waals surface area (Å²) in [7, 11) is -5.72. The van der Waals surface area contributed by atoms with Crippen molar-refractivity contribution in [3.05, 3.63) is 48.6 Å². The smallest absolute Gasteiger partial charge is 0.439 e. The quantitative estimate of drug-likeness (QED) is 0.282. The Hall–Kier alpha value is -0.454. The van der Waals surface area contributed by atoms with Crippen molar-refractivity contribution in [2.75, 3.05) is 0 Å². The summed E-state index contributed by atoms with van der Waals surface area (Å²) in [5.41, 5.74) is 1.33. The third-order valence-corrected chi connectivity index (χ3v) is 1.22. The molecule has 0 spiro atoms. The zero-order valence-corrected chi connectivity index (χ0v) is 12.5. The van der Waals surface area contributed by atoms with E-state index in [4.69, 9.17) is 25.9 Å². The summed E-state index contributed by atoms with van der Waals surface area (Å²) in [6, 6.07) is 10.3. The van der Waals surface area contributed by atoms with Crippen LogP contribution in [0, 0.1) is 0 Å². The van der Waals surface area contributed by atoms with Gasteiger partial charge in [0.2, 0.25) is 0 Å². The molecule has 18 heavy (non-hydrogen) atoms. The molecule has 1 rings (SSSR count). The Morgan fingerprint density at radius 1 is 1.00 bits per heavy atom. The molecule has 1 aromatic rings. The normalized spacial score (nSPS) is 8.22. The first-order valence-corrected chi connectivity index (χ1v) is 6.18. The van der Waals surface area contributed by atoms with Gasteiger partial charge in [-0.2, -0.15) is 0 Å². The number of hydrogen-bond acceptors (Lipinski definition) is 6. The third-order valence-electron chi connectivity index (χ3n) is 1.22. The summed E-state index contributed by atoms with van der Waals surface area (Å²) in [6.07, 6.45) is 2.89. The van der Waals surface area contributed by atoms with Gasteiger partial charge in [-0.1, -0.05) is 36.4 Å². The second-order valence-corrected chi connectivity index (χ2v) is 3.28. The molecule has 6 nitrogen and oxygen atoms in total. The Kier molecular flexibility index (Phi) is 20.9. The van der Waals surface area contributed by atoms with Gasteiger partial charge in [0.15, 0.2) is 0 Å². The average molecular weight is 305 g/mol. The van der Waals surface area contributed by atoms with Crippen LogP contribution in [0.25, 0.3) is 0 Å². The maximum atomic E-state index is 8.56. The number of rotatable bonds is 2. The molecule has 0 fully saturated rings. The van der Waals surface area contributed by atoms with Crippen molar-refractivity contribution in [2.45, 2.75) is 6.42 Å². The molecule has 0 amide bonds. The second kappa shape index (κ2) is 16.5. The van der Waals surface area contributed by atoms with Gasteiger partial charge < -0.3 is 25.9 Å². The van der Waals surface area contributed by atoms with Crippen LogP contribution >= 0.6 is 0 Å². The topological polar surface area (TPSA) is 109 Å². The van der Waals surface area contributed by atoms with Crippen LogP contribution in [-0.4, -0.2) is 32.2 Å². The van der Waals surface area contributed by atoms with Crippen molar-refractivity contribution in [1.82, 2.24) is 0 Å². The zero-order chi connectivity index (χ0) is 13.7. The summed E-state index contributed by atoms with van der Waals surface area (Å²) in [4.78, 5) is 0. The second-order valence-electron chi connectivity index (χ2n) is 2.41. The summed E-state index contributed by atoms with van der Waals surface area (Å²) < 4.78 is 48.2. The first-order chi connectivity index (χ1) is 7.90. The molecule has 0 bridgehead atoms. The van der Waals surface area contributed by atoms with Gasteiger partial charge in [-0.05, 0) is 12.0 Å². The predicted molar refractivity (Wildman–Crippen MR) is 68.8 cm³/mol. The molecule has 0 aliphatic carbocycles. The van der Waals surface area contributed by atoms with E-state index < -0.39 is 22.0 Å².